The van der Waals surface area contributed by atoms with Crippen LogP contribution in [0.25, 0.3) is 5.76 Å². The lowest BCUT2D eigenvalue weighted by Gasteiger charge is -2.26. The molecule has 0 spiro atoms. The number of hydrogen-bond donors (Lipinski definition) is 1. The van der Waals surface area contributed by atoms with Gasteiger partial charge in [-0.05, 0) is 80.1 Å². The van der Waals surface area contributed by atoms with Gasteiger partial charge in [-0.25, -0.2) is 0 Å². The normalized spacial score (nSPS) is 16.6. The lowest BCUT2D eigenvalue weighted by atomic mass is 9.94. The minimum atomic E-state index is -0.897. The first-order valence-electron chi connectivity index (χ1n) is 12.2. The van der Waals surface area contributed by atoms with Crippen LogP contribution in [0.5, 0.6) is 17.2 Å². The van der Waals surface area contributed by atoms with E-state index >= 15 is 0 Å². The molecule has 3 aromatic carbocycles. The van der Waals surface area contributed by atoms with Crippen molar-refractivity contribution in [1.29, 1.82) is 0 Å². The number of Topliss-reactive ketones (excluding diaryl/α,β-unsaturated/α-hetero) is 1. The van der Waals surface area contributed by atoms with Crippen LogP contribution in [0, 0.1) is 0 Å². The summed E-state index contributed by atoms with van der Waals surface area (Å²) in [7, 11) is 6.88. The number of ketones is 1. The lowest BCUT2D eigenvalue weighted by molar-refractivity contribution is -0.132. The largest absolute Gasteiger partial charge is 0.507 e. The molecule has 8 heteroatoms. The van der Waals surface area contributed by atoms with Gasteiger partial charge in [0.15, 0.2) is 11.5 Å². The van der Waals surface area contributed by atoms with Crippen molar-refractivity contribution in [3.05, 3.63) is 83.4 Å². The fraction of sp³-hybridized carbons (Fsp3) is 0.267. The van der Waals surface area contributed by atoms with Crippen molar-refractivity contribution in [3.63, 3.8) is 0 Å². The van der Waals surface area contributed by atoms with Crippen LogP contribution in [0.2, 0.25) is 0 Å². The molecule has 4 rings (SSSR count). The number of aliphatic hydroxyl groups excluding tert-OH is 1. The van der Waals surface area contributed by atoms with Crippen LogP contribution >= 0.6 is 0 Å². The number of hydrogen-bond acceptors (Lipinski definition) is 7. The second-order valence-electron chi connectivity index (χ2n) is 9.39. The first-order chi connectivity index (χ1) is 18.2. The van der Waals surface area contributed by atoms with E-state index in [-0.39, 0.29) is 17.4 Å². The zero-order valence-corrected chi connectivity index (χ0v) is 22.4. The Labute approximate surface area is 222 Å². The van der Waals surface area contributed by atoms with Crippen LogP contribution in [0.15, 0.2) is 72.3 Å². The highest BCUT2D eigenvalue weighted by molar-refractivity contribution is 6.51. The van der Waals surface area contributed by atoms with Gasteiger partial charge in [0.05, 0.1) is 31.9 Å². The number of amides is 1. The number of ether oxygens (including phenoxy) is 3. The van der Waals surface area contributed by atoms with Crippen LogP contribution in [0.1, 0.15) is 31.0 Å². The molecule has 3 aromatic rings. The number of methoxy groups -OCH3 is 2. The number of aliphatic hydroxyl groups is 1. The zero-order chi connectivity index (χ0) is 27.6. The van der Waals surface area contributed by atoms with Crippen LogP contribution in [0.4, 0.5) is 11.4 Å². The van der Waals surface area contributed by atoms with Crippen molar-refractivity contribution in [1.82, 2.24) is 0 Å². The quantitative estimate of drug-likeness (QED) is 0.251. The fourth-order valence-corrected chi connectivity index (χ4v) is 4.47. The highest BCUT2D eigenvalue weighted by atomic mass is 16.5. The van der Waals surface area contributed by atoms with E-state index in [2.05, 4.69) is 0 Å². The molecule has 0 aliphatic carbocycles. The van der Waals surface area contributed by atoms with Gasteiger partial charge in [-0.3, -0.25) is 14.5 Å². The Morgan fingerprint density at radius 3 is 2.08 bits per heavy atom. The average Bonchev–Trinajstić information content (AvgIpc) is 3.18. The van der Waals surface area contributed by atoms with Gasteiger partial charge in [0, 0.05) is 31.0 Å². The molecule has 0 bridgehead atoms. The number of nitrogens with zero attached hydrogens (tertiary/aromatic N) is 2. The van der Waals surface area contributed by atoms with E-state index in [9.17, 15) is 14.7 Å². The van der Waals surface area contributed by atoms with Crippen molar-refractivity contribution < 1.29 is 28.9 Å². The summed E-state index contributed by atoms with van der Waals surface area (Å²) in [5.41, 5.74) is 2.43. The number of carbonyl (C=O) groups excluding carboxylic acids is 2. The van der Waals surface area contributed by atoms with E-state index in [0.717, 1.165) is 5.69 Å². The maximum atomic E-state index is 13.5. The van der Waals surface area contributed by atoms with Gasteiger partial charge in [0.25, 0.3) is 11.7 Å². The molecule has 1 saturated heterocycles. The molecule has 1 heterocycles. The third-order valence-electron chi connectivity index (χ3n) is 6.31. The van der Waals surface area contributed by atoms with E-state index in [4.69, 9.17) is 14.2 Å². The third kappa shape index (κ3) is 5.02. The van der Waals surface area contributed by atoms with Crippen LogP contribution in [-0.2, 0) is 9.59 Å². The summed E-state index contributed by atoms with van der Waals surface area (Å²) in [5, 5.41) is 11.4. The zero-order valence-electron chi connectivity index (χ0n) is 22.4. The Kier molecular flexibility index (Phi) is 7.62. The predicted octanol–water partition coefficient (Wildman–Crippen LogP) is 5.18. The summed E-state index contributed by atoms with van der Waals surface area (Å²) >= 11 is 0. The van der Waals surface area contributed by atoms with Gasteiger partial charge >= 0.3 is 0 Å². The summed E-state index contributed by atoms with van der Waals surface area (Å²) in [6.07, 6.45) is -0.0105. The number of carbonyl (C=O) groups is 2. The molecule has 0 radical (unpaired) electrons. The minimum absolute atomic E-state index is 0.0105. The van der Waals surface area contributed by atoms with E-state index in [1.165, 1.54) is 19.1 Å². The maximum absolute atomic E-state index is 13.5. The van der Waals surface area contributed by atoms with Crippen molar-refractivity contribution in [3.8, 4) is 17.2 Å². The summed E-state index contributed by atoms with van der Waals surface area (Å²) in [4.78, 5) is 30.3. The molecule has 1 aliphatic rings. The topological polar surface area (TPSA) is 88.5 Å². The molecule has 0 aromatic heterocycles. The summed E-state index contributed by atoms with van der Waals surface area (Å²) in [5.74, 6) is -0.204. The highest BCUT2D eigenvalue weighted by Gasteiger charge is 2.47. The smallest absolute Gasteiger partial charge is 0.300 e. The number of benzene rings is 3. The second kappa shape index (κ2) is 10.9. The highest BCUT2D eigenvalue weighted by Crippen LogP contribution is 2.44. The lowest BCUT2D eigenvalue weighted by Crippen LogP contribution is -2.29. The van der Waals surface area contributed by atoms with Gasteiger partial charge in [-0.2, -0.15) is 0 Å². The summed E-state index contributed by atoms with van der Waals surface area (Å²) in [6.45, 7) is 3.84. The molecular weight excluding hydrogens is 484 g/mol. The maximum Gasteiger partial charge on any atom is 0.300 e. The van der Waals surface area contributed by atoms with Crippen LogP contribution in [0.3, 0.4) is 0 Å². The molecule has 1 amide bonds. The van der Waals surface area contributed by atoms with Gasteiger partial charge in [0.2, 0.25) is 0 Å². The van der Waals surface area contributed by atoms with E-state index in [1.807, 2.05) is 45.0 Å². The number of rotatable bonds is 8. The van der Waals surface area contributed by atoms with Crippen LogP contribution in [-0.4, -0.2) is 51.2 Å². The van der Waals surface area contributed by atoms with E-state index in [1.54, 1.807) is 54.6 Å². The summed E-state index contributed by atoms with van der Waals surface area (Å²) < 4.78 is 16.6. The van der Waals surface area contributed by atoms with E-state index < -0.39 is 17.7 Å². The monoisotopic (exact) mass is 516 g/mol. The summed E-state index contributed by atoms with van der Waals surface area (Å²) in [6, 6.07) is 18.4. The number of anilines is 2. The first-order valence-corrected chi connectivity index (χ1v) is 12.2. The van der Waals surface area contributed by atoms with Gasteiger partial charge in [0.1, 0.15) is 11.5 Å². The fourth-order valence-electron chi connectivity index (χ4n) is 4.47. The first kappa shape index (κ1) is 26.6. The molecule has 38 heavy (non-hydrogen) atoms. The Balaban J connectivity index is 1.89. The van der Waals surface area contributed by atoms with Gasteiger partial charge < -0.3 is 24.2 Å². The van der Waals surface area contributed by atoms with Crippen molar-refractivity contribution in [2.24, 2.45) is 0 Å². The van der Waals surface area contributed by atoms with Gasteiger partial charge in [-0.1, -0.05) is 6.07 Å². The minimum Gasteiger partial charge on any atom is -0.507 e. The molecule has 1 unspecified atom stereocenters. The molecule has 0 saturated carbocycles. The Morgan fingerprint density at radius 2 is 1.53 bits per heavy atom. The molecular formula is C30H32N2O6. The van der Waals surface area contributed by atoms with Crippen molar-refractivity contribution in [2.45, 2.75) is 26.0 Å². The second-order valence-corrected chi connectivity index (χ2v) is 9.39. The predicted molar refractivity (Wildman–Crippen MR) is 147 cm³/mol. The Morgan fingerprint density at radius 1 is 0.895 bits per heavy atom. The molecule has 8 nitrogen and oxygen atoms in total. The van der Waals surface area contributed by atoms with Gasteiger partial charge in [-0.15, -0.1) is 0 Å². The van der Waals surface area contributed by atoms with Crippen molar-refractivity contribution in [2.75, 3.05) is 38.1 Å². The third-order valence-corrected chi connectivity index (χ3v) is 6.31. The molecule has 198 valence electrons. The molecule has 1 aliphatic heterocycles. The Bertz CT molecular complexity index is 1360. The SMILES string of the molecule is COc1ccc(C2/C(=C(/O)c3ccc(OC(C)C)cc3)C(=O)C(=O)N2c2ccc(N(C)C)cc2)cc1OC. The van der Waals surface area contributed by atoms with Crippen LogP contribution < -0.4 is 24.0 Å². The van der Waals surface area contributed by atoms with Crippen molar-refractivity contribution >= 4 is 28.8 Å². The Hall–Kier alpha value is -4.46. The standard InChI is InChI=1S/C30H32N2O6/c1-18(2)38-23-14-7-19(8-15-23)28(33)26-27(20-9-16-24(36-5)25(17-20)37-6)32(30(35)29(26)34)22-12-10-21(11-13-22)31(3)4/h7-18,27,33H,1-6H3/b28-26-. The molecule has 1 fully saturated rings. The average molecular weight is 517 g/mol. The van der Waals surface area contributed by atoms with E-state index in [0.29, 0.717) is 34.1 Å². The molecule has 1 atom stereocenters. The molecule has 1 N–H and O–H groups in total.